The van der Waals surface area contributed by atoms with E-state index in [-0.39, 0.29) is 0 Å². The molecule has 0 saturated heterocycles. The highest BCUT2D eigenvalue weighted by Crippen LogP contribution is 2.06. The van der Waals surface area contributed by atoms with Gasteiger partial charge in [0.1, 0.15) is 0 Å². The van der Waals surface area contributed by atoms with E-state index < -0.39 is 0 Å². The Labute approximate surface area is 114 Å². The van der Waals surface area contributed by atoms with Crippen LogP contribution >= 0.6 is 11.8 Å². The standard InChI is InChI=1S/C16H18ClN/c17-18(13-11-15-7-3-1-4-8-15)14-12-16-9-5-2-6-10-16/h1-10H,11-14H2. The number of halogens is 1. The normalized spacial score (nSPS) is 10.8. The van der Waals surface area contributed by atoms with Gasteiger partial charge >= 0.3 is 0 Å². The van der Waals surface area contributed by atoms with Crippen LogP contribution in [-0.4, -0.2) is 17.5 Å². The molecule has 0 aliphatic rings. The van der Waals surface area contributed by atoms with Crippen LogP contribution in [0.25, 0.3) is 0 Å². The monoisotopic (exact) mass is 259 g/mol. The fourth-order valence-corrected chi connectivity index (χ4v) is 2.07. The van der Waals surface area contributed by atoms with Crippen molar-refractivity contribution in [2.75, 3.05) is 13.1 Å². The second kappa shape index (κ2) is 7.20. The molecule has 0 unspecified atom stereocenters. The van der Waals surface area contributed by atoms with Gasteiger partial charge < -0.3 is 0 Å². The molecule has 0 bridgehead atoms. The van der Waals surface area contributed by atoms with Crippen LogP contribution in [0.2, 0.25) is 0 Å². The van der Waals surface area contributed by atoms with Gasteiger partial charge in [0, 0.05) is 13.1 Å². The lowest BCUT2D eigenvalue weighted by Gasteiger charge is -2.13. The van der Waals surface area contributed by atoms with Crippen LogP contribution in [0.4, 0.5) is 0 Å². The lowest BCUT2D eigenvalue weighted by molar-refractivity contribution is 0.463. The highest BCUT2D eigenvalue weighted by atomic mass is 35.5. The van der Waals surface area contributed by atoms with Crippen molar-refractivity contribution in [2.24, 2.45) is 0 Å². The summed E-state index contributed by atoms with van der Waals surface area (Å²) >= 11 is 6.21. The van der Waals surface area contributed by atoms with Crippen molar-refractivity contribution in [2.45, 2.75) is 12.8 Å². The Morgan fingerprint density at radius 2 is 1.06 bits per heavy atom. The maximum absolute atomic E-state index is 6.21. The molecule has 0 saturated carbocycles. The van der Waals surface area contributed by atoms with Crippen molar-refractivity contribution < 1.29 is 0 Å². The number of benzene rings is 2. The first kappa shape index (κ1) is 13.1. The molecule has 1 nitrogen and oxygen atoms in total. The Hall–Kier alpha value is -1.31. The summed E-state index contributed by atoms with van der Waals surface area (Å²) in [5.74, 6) is 0. The fraction of sp³-hybridized carbons (Fsp3) is 0.250. The largest absolute Gasteiger partial charge is 0.220 e. The quantitative estimate of drug-likeness (QED) is 0.711. The molecule has 0 radical (unpaired) electrons. The van der Waals surface area contributed by atoms with E-state index in [1.807, 2.05) is 16.6 Å². The first-order valence-electron chi connectivity index (χ1n) is 6.33. The highest BCUT2D eigenvalue weighted by molar-refractivity contribution is 6.13. The van der Waals surface area contributed by atoms with Crippen molar-refractivity contribution in [1.82, 2.24) is 4.42 Å². The summed E-state index contributed by atoms with van der Waals surface area (Å²) in [7, 11) is 0. The van der Waals surface area contributed by atoms with Crippen LogP contribution in [-0.2, 0) is 12.8 Å². The molecular formula is C16H18ClN. The Morgan fingerprint density at radius 3 is 1.44 bits per heavy atom. The van der Waals surface area contributed by atoms with Crippen molar-refractivity contribution in [1.29, 1.82) is 0 Å². The number of hydrogen-bond acceptors (Lipinski definition) is 1. The maximum Gasteiger partial charge on any atom is 0.0179 e. The zero-order chi connectivity index (χ0) is 12.6. The molecular weight excluding hydrogens is 242 g/mol. The predicted molar refractivity (Wildman–Crippen MR) is 77.7 cm³/mol. The Bertz CT molecular complexity index is 398. The van der Waals surface area contributed by atoms with Crippen LogP contribution < -0.4 is 0 Å². The first-order valence-corrected chi connectivity index (χ1v) is 6.67. The van der Waals surface area contributed by atoms with Gasteiger partial charge in [0.15, 0.2) is 0 Å². The molecule has 2 aromatic rings. The molecule has 18 heavy (non-hydrogen) atoms. The molecule has 0 aromatic heterocycles. The van der Waals surface area contributed by atoms with Crippen LogP contribution in [0, 0.1) is 0 Å². The fourth-order valence-electron chi connectivity index (χ4n) is 1.90. The minimum Gasteiger partial charge on any atom is -0.220 e. The van der Waals surface area contributed by atoms with E-state index in [4.69, 9.17) is 11.8 Å². The van der Waals surface area contributed by atoms with Crippen LogP contribution in [0.3, 0.4) is 0 Å². The molecule has 2 heteroatoms. The van der Waals surface area contributed by atoms with E-state index >= 15 is 0 Å². The SMILES string of the molecule is ClN(CCc1ccccc1)CCc1ccccc1. The summed E-state index contributed by atoms with van der Waals surface area (Å²) in [6.07, 6.45) is 2.00. The summed E-state index contributed by atoms with van der Waals surface area (Å²) in [4.78, 5) is 0. The van der Waals surface area contributed by atoms with Gasteiger partial charge in [-0.3, -0.25) is 0 Å². The van der Waals surface area contributed by atoms with Gasteiger partial charge in [-0.25, -0.2) is 4.42 Å². The van der Waals surface area contributed by atoms with Gasteiger partial charge in [0.05, 0.1) is 0 Å². The number of hydrogen-bond donors (Lipinski definition) is 0. The van der Waals surface area contributed by atoms with Crippen molar-refractivity contribution in [3.8, 4) is 0 Å². The van der Waals surface area contributed by atoms with E-state index in [0.717, 1.165) is 25.9 Å². The van der Waals surface area contributed by atoms with Gasteiger partial charge in [-0.05, 0) is 35.7 Å². The lowest BCUT2D eigenvalue weighted by atomic mass is 10.1. The molecule has 0 heterocycles. The van der Waals surface area contributed by atoms with Gasteiger partial charge in [-0.1, -0.05) is 60.7 Å². The minimum absolute atomic E-state index is 0.887. The summed E-state index contributed by atoms with van der Waals surface area (Å²) in [6.45, 7) is 1.77. The zero-order valence-electron chi connectivity index (χ0n) is 10.4. The second-order valence-electron chi connectivity index (χ2n) is 4.38. The second-order valence-corrected chi connectivity index (χ2v) is 4.86. The summed E-state index contributed by atoms with van der Waals surface area (Å²) in [6, 6.07) is 20.9. The average molecular weight is 260 g/mol. The molecule has 0 spiro atoms. The Balaban J connectivity index is 1.71. The Morgan fingerprint density at radius 1 is 0.667 bits per heavy atom. The van der Waals surface area contributed by atoms with Crippen molar-refractivity contribution >= 4 is 11.8 Å². The van der Waals surface area contributed by atoms with Crippen LogP contribution in [0.15, 0.2) is 60.7 Å². The molecule has 0 N–H and O–H groups in total. The minimum atomic E-state index is 0.887. The zero-order valence-corrected chi connectivity index (χ0v) is 11.2. The first-order chi connectivity index (χ1) is 8.84. The third-order valence-electron chi connectivity index (χ3n) is 2.97. The van der Waals surface area contributed by atoms with Crippen LogP contribution in [0.5, 0.6) is 0 Å². The predicted octanol–water partition coefficient (Wildman–Crippen LogP) is 3.93. The summed E-state index contributed by atoms with van der Waals surface area (Å²) in [5.41, 5.74) is 2.67. The van der Waals surface area contributed by atoms with E-state index in [1.165, 1.54) is 11.1 Å². The number of rotatable bonds is 6. The topological polar surface area (TPSA) is 3.24 Å². The smallest absolute Gasteiger partial charge is 0.0179 e. The van der Waals surface area contributed by atoms with Crippen LogP contribution in [0.1, 0.15) is 11.1 Å². The third kappa shape index (κ3) is 4.52. The Kier molecular flexibility index (Phi) is 5.25. The molecule has 2 aromatic carbocycles. The van der Waals surface area contributed by atoms with Gasteiger partial charge in [0.2, 0.25) is 0 Å². The molecule has 94 valence electrons. The van der Waals surface area contributed by atoms with E-state index in [1.54, 1.807) is 0 Å². The van der Waals surface area contributed by atoms with Gasteiger partial charge in [-0.2, -0.15) is 0 Å². The maximum atomic E-state index is 6.21. The molecule has 0 fully saturated rings. The lowest BCUT2D eigenvalue weighted by Crippen LogP contribution is -2.18. The molecule has 0 amide bonds. The number of nitrogens with zero attached hydrogens (tertiary/aromatic N) is 1. The van der Waals surface area contributed by atoms with E-state index in [9.17, 15) is 0 Å². The van der Waals surface area contributed by atoms with Crippen molar-refractivity contribution in [3.05, 3.63) is 71.8 Å². The average Bonchev–Trinajstić information content (AvgIpc) is 2.45. The van der Waals surface area contributed by atoms with E-state index in [2.05, 4.69) is 48.5 Å². The highest BCUT2D eigenvalue weighted by Gasteiger charge is 2.02. The molecule has 2 rings (SSSR count). The summed E-state index contributed by atoms with van der Waals surface area (Å²) < 4.78 is 1.88. The van der Waals surface area contributed by atoms with Gasteiger partial charge in [-0.15, -0.1) is 0 Å². The van der Waals surface area contributed by atoms with E-state index in [0.29, 0.717) is 0 Å². The van der Waals surface area contributed by atoms with Crippen molar-refractivity contribution in [3.63, 3.8) is 0 Å². The van der Waals surface area contributed by atoms with Gasteiger partial charge in [0.25, 0.3) is 0 Å². The molecule has 0 aliphatic heterocycles. The molecule has 0 atom stereocenters. The molecule has 0 aliphatic carbocycles. The summed E-state index contributed by atoms with van der Waals surface area (Å²) in [5, 5.41) is 0. The third-order valence-corrected chi connectivity index (χ3v) is 3.31.